The molecule has 0 N–H and O–H groups in total. The summed E-state index contributed by atoms with van der Waals surface area (Å²) in [7, 11) is 0. The standard InChI is InChI=1S/C47H36N2/c1-35-12-9-19-43(34-35)48(40-17-3-2-4-18-40)41-30-26-36(27-31-41)24-25-37-28-32-42(33-29-37)49(46-22-10-15-38-13-5-7-20-44(38)46)47-23-11-16-39-14-6-8-21-45(39)47/h2-34H,1H3/b25-24+. The lowest BCUT2D eigenvalue weighted by molar-refractivity contribution is 1.27. The van der Waals surface area contributed by atoms with Crippen LogP contribution in [0.15, 0.2) is 188 Å². The molecule has 2 heteroatoms. The summed E-state index contributed by atoms with van der Waals surface area (Å²) in [6.07, 6.45) is 4.37. The molecule has 0 radical (unpaired) electrons. The summed E-state index contributed by atoms with van der Waals surface area (Å²) in [5.41, 5.74) is 10.4. The molecule has 0 amide bonds. The third-order valence-corrected chi connectivity index (χ3v) is 9.06. The fraction of sp³-hybridized carbons (Fsp3) is 0.0213. The lowest BCUT2D eigenvalue weighted by atomic mass is 10.0. The number of nitrogens with zero attached hydrogens (tertiary/aromatic N) is 2. The van der Waals surface area contributed by atoms with Crippen molar-refractivity contribution in [1.82, 2.24) is 0 Å². The Labute approximate surface area is 288 Å². The molecule has 8 rings (SSSR count). The first-order valence-electron chi connectivity index (χ1n) is 16.8. The molecule has 0 saturated carbocycles. The van der Waals surface area contributed by atoms with Gasteiger partial charge in [0.05, 0.1) is 11.4 Å². The summed E-state index contributed by atoms with van der Waals surface area (Å²) < 4.78 is 0. The van der Waals surface area contributed by atoms with Crippen LogP contribution in [0.2, 0.25) is 0 Å². The van der Waals surface area contributed by atoms with Crippen molar-refractivity contribution in [2.75, 3.05) is 9.80 Å². The van der Waals surface area contributed by atoms with Gasteiger partial charge in [0, 0.05) is 33.5 Å². The SMILES string of the molecule is Cc1cccc(N(c2ccccc2)c2ccc(/C=C/c3ccc(N(c4cccc5ccccc45)c4cccc5ccccc45)cc3)cc2)c1. The largest absolute Gasteiger partial charge is 0.310 e. The van der Waals surface area contributed by atoms with Crippen molar-refractivity contribution in [3.05, 3.63) is 205 Å². The fourth-order valence-corrected chi connectivity index (χ4v) is 6.67. The van der Waals surface area contributed by atoms with Crippen LogP contribution in [0, 0.1) is 6.92 Å². The number of rotatable bonds is 8. The van der Waals surface area contributed by atoms with Crippen LogP contribution in [0.4, 0.5) is 34.1 Å². The van der Waals surface area contributed by atoms with Crippen molar-refractivity contribution in [2.45, 2.75) is 6.92 Å². The Morgan fingerprint density at radius 2 is 0.776 bits per heavy atom. The van der Waals surface area contributed by atoms with Gasteiger partial charge in [-0.15, -0.1) is 0 Å². The molecule has 0 bridgehead atoms. The molecule has 0 aliphatic carbocycles. The molecule has 0 aliphatic heterocycles. The molecule has 0 unspecified atom stereocenters. The zero-order valence-corrected chi connectivity index (χ0v) is 27.4. The Kier molecular flexibility index (Phi) is 8.19. The Morgan fingerprint density at radius 3 is 1.33 bits per heavy atom. The van der Waals surface area contributed by atoms with Crippen LogP contribution < -0.4 is 9.80 Å². The minimum absolute atomic E-state index is 1.12. The number of benzene rings is 8. The Hall–Kier alpha value is -6.38. The molecule has 234 valence electrons. The van der Waals surface area contributed by atoms with E-state index in [1.807, 2.05) is 0 Å². The minimum Gasteiger partial charge on any atom is -0.310 e. The van der Waals surface area contributed by atoms with E-state index in [9.17, 15) is 0 Å². The summed E-state index contributed by atoms with van der Waals surface area (Å²) in [4.78, 5) is 4.69. The molecule has 49 heavy (non-hydrogen) atoms. The number of para-hydroxylation sites is 1. The highest BCUT2D eigenvalue weighted by Crippen LogP contribution is 2.42. The molecule has 0 spiro atoms. The molecule has 0 aliphatic rings. The van der Waals surface area contributed by atoms with Crippen LogP contribution in [-0.2, 0) is 0 Å². The van der Waals surface area contributed by atoms with Gasteiger partial charge < -0.3 is 9.80 Å². The Balaban J connectivity index is 1.11. The van der Waals surface area contributed by atoms with E-state index >= 15 is 0 Å². The molecule has 2 nitrogen and oxygen atoms in total. The van der Waals surface area contributed by atoms with Gasteiger partial charge >= 0.3 is 0 Å². The predicted molar refractivity (Wildman–Crippen MR) is 211 cm³/mol. The van der Waals surface area contributed by atoms with Gasteiger partial charge in [-0.2, -0.15) is 0 Å². The lowest BCUT2D eigenvalue weighted by Crippen LogP contribution is -2.11. The highest BCUT2D eigenvalue weighted by Gasteiger charge is 2.17. The maximum atomic E-state index is 2.39. The van der Waals surface area contributed by atoms with E-state index in [1.165, 1.54) is 27.1 Å². The first-order chi connectivity index (χ1) is 24.2. The quantitative estimate of drug-likeness (QED) is 0.155. The monoisotopic (exact) mass is 628 g/mol. The smallest absolute Gasteiger partial charge is 0.0540 e. The predicted octanol–water partition coefficient (Wildman–Crippen LogP) is 13.4. The second-order valence-electron chi connectivity index (χ2n) is 12.4. The maximum absolute atomic E-state index is 2.39. The molecule has 0 aromatic heterocycles. The van der Waals surface area contributed by atoms with Crippen LogP contribution in [0.1, 0.15) is 16.7 Å². The van der Waals surface area contributed by atoms with E-state index in [0.717, 1.165) is 45.3 Å². The highest BCUT2D eigenvalue weighted by atomic mass is 15.1. The maximum Gasteiger partial charge on any atom is 0.0540 e. The summed E-state index contributed by atoms with van der Waals surface area (Å²) in [6.45, 7) is 2.14. The van der Waals surface area contributed by atoms with Gasteiger partial charge in [0.15, 0.2) is 0 Å². The van der Waals surface area contributed by atoms with E-state index in [2.05, 4.69) is 217 Å². The lowest BCUT2D eigenvalue weighted by Gasteiger charge is -2.28. The van der Waals surface area contributed by atoms with E-state index in [1.54, 1.807) is 0 Å². The topological polar surface area (TPSA) is 6.48 Å². The van der Waals surface area contributed by atoms with Crippen molar-refractivity contribution in [1.29, 1.82) is 0 Å². The average Bonchev–Trinajstić information content (AvgIpc) is 3.16. The molecule has 0 heterocycles. The minimum atomic E-state index is 1.12. The molecular weight excluding hydrogens is 593 g/mol. The summed E-state index contributed by atoms with van der Waals surface area (Å²) in [6, 6.07) is 67.2. The summed E-state index contributed by atoms with van der Waals surface area (Å²) >= 11 is 0. The van der Waals surface area contributed by atoms with Gasteiger partial charge in [0.25, 0.3) is 0 Å². The molecular formula is C47H36N2. The second-order valence-corrected chi connectivity index (χ2v) is 12.4. The van der Waals surface area contributed by atoms with E-state index in [0.29, 0.717) is 0 Å². The van der Waals surface area contributed by atoms with Gasteiger partial charge in [-0.3, -0.25) is 0 Å². The van der Waals surface area contributed by atoms with Gasteiger partial charge in [0.1, 0.15) is 0 Å². The van der Waals surface area contributed by atoms with E-state index in [-0.39, 0.29) is 0 Å². The molecule has 8 aromatic carbocycles. The molecule has 0 saturated heterocycles. The molecule has 0 atom stereocenters. The van der Waals surface area contributed by atoms with Gasteiger partial charge in [-0.25, -0.2) is 0 Å². The van der Waals surface area contributed by atoms with Crippen molar-refractivity contribution in [2.24, 2.45) is 0 Å². The van der Waals surface area contributed by atoms with Crippen LogP contribution in [-0.4, -0.2) is 0 Å². The Morgan fingerprint density at radius 1 is 0.347 bits per heavy atom. The highest BCUT2D eigenvalue weighted by molar-refractivity contribution is 6.04. The first-order valence-corrected chi connectivity index (χ1v) is 16.8. The zero-order valence-electron chi connectivity index (χ0n) is 27.4. The number of hydrogen-bond acceptors (Lipinski definition) is 2. The van der Waals surface area contributed by atoms with Crippen molar-refractivity contribution in [3.63, 3.8) is 0 Å². The normalized spacial score (nSPS) is 11.3. The van der Waals surface area contributed by atoms with Gasteiger partial charge in [-0.05, 0) is 95.1 Å². The van der Waals surface area contributed by atoms with Crippen LogP contribution in [0.5, 0.6) is 0 Å². The number of fused-ring (bicyclic) bond motifs is 2. The third kappa shape index (κ3) is 6.20. The summed E-state index contributed by atoms with van der Waals surface area (Å²) in [5, 5.41) is 4.89. The van der Waals surface area contributed by atoms with Crippen molar-refractivity contribution < 1.29 is 0 Å². The third-order valence-electron chi connectivity index (χ3n) is 9.06. The van der Waals surface area contributed by atoms with Gasteiger partial charge in [-0.1, -0.05) is 140 Å². The molecule has 0 fully saturated rings. The number of anilines is 6. The van der Waals surface area contributed by atoms with E-state index in [4.69, 9.17) is 0 Å². The summed E-state index contributed by atoms with van der Waals surface area (Å²) in [5.74, 6) is 0. The van der Waals surface area contributed by atoms with Gasteiger partial charge in [0.2, 0.25) is 0 Å². The second kappa shape index (κ2) is 13.4. The fourth-order valence-electron chi connectivity index (χ4n) is 6.67. The first kappa shape index (κ1) is 30.0. The Bertz CT molecular complexity index is 2300. The average molecular weight is 629 g/mol. The van der Waals surface area contributed by atoms with Crippen LogP contribution in [0.3, 0.4) is 0 Å². The zero-order chi connectivity index (χ0) is 33.0. The van der Waals surface area contributed by atoms with E-state index < -0.39 is 0 Å². The van der Waals surface area contributed by atoms with Crippen LogP contribution in [0.25, 0.3) is 33.7 Å². The number of aryl methyl sites for hydroxylation is 1. The van der Waals surface area contributed by atoms with Crippen molar-refractivity contribution in [3.8, 4) is 0 Å². The number of hydrogen-bond donors (Lipinski definition) is 0. The van der Waals surface area contributed by atoms with Crippen molar-refractivity contribution >= 4 is 67.8 Å². The van der Waals surface area contributed by atoms with Crippen LogP contribution >= 0.6 is 0 Å². The molecule has 8 aromatic rings.